The van der Waals surface area contributed by atoms with E-state index in [-0.39, 0.29) is 11.5 Å². The molecule has 0 spiro atoms. The van der Waals surface area contributed by atoms with Gasteiger partial charge in [-0.05, 0) is 79.5 Å². The molecule has 4 nitrogen and oxygen atoms in total. The fourth-order valence-corrected chi connectivity index (χ4v) is 3.87. The van der Waals surface area contributed by atoms with Crippen LogP contribution in [0.25, 0.3) is 5.57 Å². The molecule has 2 aromatic carbocycles. The highest BCUT2D eigenvalue weighted by Gasteiger charge is 2.27. The molecule has 0 bridgehead atoms. The van der Waals surface area contributed by atoms with E-state index >= 15 is 0 Å². The minimum atomic E-state index is -0.479. The largest absolute Gasteiger partial charge is 0.489 e. The third-order valence-corrected chi connectivity index (χ3v) is 5.57. The van der Waals surface area contributed by atoms with Crippen LogP contribution in [-0.2, 0) is 16.8 Å². The lowest BCUT2D eigenvalue weighted by molar-refractivity contribution is 0.0270. The van der Waals surface area contributed by atoms with Crippen molar-refractivity contribution in [2.24, 2.45) is 0 Å². The molecule has 1 amide bonds. The second-order valence-electron chi connectivity index (χ2n) is 10.6. The number of hydrogen-bond donors (Lipinski definition) is 0. The Hall–Kier alpha value is -2.75. The molecule has 0 N–H and O–H groups in total. The van der Waals surface area contributed by atoms with Gasteiger partial charge in [0.2, 0.25) is 0 Å². The van der Waals surface area contributed by atoms with Crippen LogP contribution in [0.15, 0.2) is 48.5 Å². The molecule has 172 valence electrons. The number of hydrogen-bond acceptors (Lipinski definition) is 3. The number of ether oxygens (including phenoxy) is 2. The van der Waals surface area contributed by atoms with Crippen molar-refractivity contribution in [3.63, 3.8) is 0 Å². The zero-order valence-corrected chi connectivity index (χ0v) is 20.6. The maximum Gasteiger partial charge on any atom is 0.410 e. The third kappa shape index (κ3) is 6.15. The lowest BCUT2D eigenvalue weighted by Crippen LogP contribution is -2.39. The summed E-state index contributed by atoms with van der Waals surface area (Å²) in [6.07, 6.45) is 2.73. The molecule has 3 rings (SSSR count). The summed E-state index contributed by atoms with van der Waals surface area (Å²) in [4.78, 5) is 14.2. The number of nitrogens with zero attached hydrogens (tertiary/aromatic N) is 1. The average molecular weight is 436 g/mol. The maximum atomic E-state index is 12.4. The molecule has 2 aromatic rings. The highest BCUT2D eigenvalue weighted by molar-refractivity contribution is 5.75. The van der Waals surface area contributed by atoms with E-state index in [9.17, 15) is 4.79 Å². The highest BCUT2D eigenvalue weighted by atomic mass is 16.6. The predicted octanol–water partition coefficient (Wildman–Crippen LogP) is 6.90. The van der Waals surface area contributed by atoms with Gasteiger partial charge in [-0.15, -0.1) is 0 Å². The normalized spacial score (nSPS) is 14.7. The van der Waals surface area contributed by atoms with Crippen molar-refractivity contribution in [3.8, 4) is 5.75 Å². The monoisotopic (exact) mass is 435 g/mol. The molecule has 1 aliphatic heterocycles. The van der Waals surface area contributed by atoms with Crippen LogP contribution in [0.2, 0.25) is 0 Å². The number of aryl methyl sites for hydroxylation is 1. The molecule has 1 aliphatic rings. The Balaban J connectivity index is 1.83. The van der Waals surface area contributed by atoms with E-state index in [1.165, 1.54) is 16.7 Å². The summed E-state index contributed by atoms with van der Waals surface area (Å²) in [5.41, 5.74) is 5.58. The molecule has 0 atom stereocenters. The zero-order chi connectivity index (χ0) is 23.5. The fraction of sp³-hybridized carbons (Fsp3) is 0.464. The second-order valence-corrected chi connectivity index (χ2v) is 10.6. The minimum absolute atomic E-state index is 0.0307. The first-order valence-corrected chi connectivity index (χ1v) is 11.4. The van der Waals surface area contributed by atoms with Crippen molar-refractivity contribution in [1.29, 1.82) is 0 Å². The molecule has 32 heavy (non-hydrogen) atoms. The fourth-order valence-electron chi connectivity index (χ4n) is 3.87. The minimum Gasteiger partial charge on any atom is -0.489 e. The van der Waals surface area contributed by atoms with Crippen molar-refractivity contribution in [2.45, 2.75) is 72.5 Å². The van der Waals surface area contributed by atoms with Gasteiger partial charge in [-0.1, -0.05) is 57.2 Å². The third-order valence-electron chi connectivity index (χ3n) is 5.57. The van der Waals surface area contributed by atoms with E-state index in [1.807, 2.05) is 39.0 Å². The van der Waals surface area contributed by atoms with Crippen LogP contribution >= 0.6 is 0 Å². The number of carbonyl (C=O) groups is 1. The first-order chi connectivity index (χ1) is 14.9. The van der Waals surface area contributed by atoms with Crippen LogP contribution in [0.5, 0.6) is 5.75 Å². The van der Waals surface area contributed by atoms with Crippen LogP contribution in [0.4, 0.5) is 4.79 Å². The van der Waals surface area contributed by atoms with E-state index in [2.05, 4.69) is 58.0 Å². The number of benzene rings is 2. The van der Waals surface area contributed by atoms with Crippen LogP contribution in [0.1, 0.15) is 70.2 Å². The number of amides is 1. The molecule has 0 fully saturated rings. The molecule has 0 radical (unpaired) electrons. The van der Waals surface area contributed by atoms with Crippen molar-refractivity contribution in [2.75, 3.05) is 13.1 Å². The van der Waals surface area contributed by atoms with Gasteiger partial charge in [0.1, 0.15) is 18.0 Å². The van der Waals surface area contributed by atoms with Gasteiger partial charge in [0.15, 0.2) is 0 Å². The van der Waals surface area contributed by atoms with Crippen molar-refractivity contribution >= 4 is 11.7 Å². The SMILES string of the molecule is Cc1cc(C2=CCN(C(=O)OC(C)(C)C)CC2)c(C(C)(C)C)cc1OCc1ccccc1. The van der Waals surface area contributed by atoms with Gasteiger partial charge in [-0.2, -0.15) is 0 Å². The Morgan fingerprint density at radius 3 is 2.28 bits per heavy atom. The van der Waals surface area contributed by atoms with Crippen LogP contribution < -0.4 is 4.74 Å². The van der Waals surface area contributed by atoms with Crippen molar-refractivity contribution < 1.29 is 14.3 Å². The Bertz CT molecular complexity index is 978. The molecule has 0 saturated heterocycles. The Morgan fingerprint density at radius 1 is 1.03 bits per heavy atom. The molecular formula is C28H37NO3. The van der Waals surface area contributed by atoms with Gasteiger partial charge in [0.25, 0.3) is 0 Å². The van der Waals surface area contributed by atoms with Gasteiger partial charge < -0.3 is 14.4 Å². The Labute approximate surface area is 193 Å². The van der Waals surface area contributed by atoms with Gasteiger partial charge in [0.05, 0.1) is 0 Å². The maximum absolute atomic E-state index is 12.4. The van der Waals surface area contributed by atoms with Gasteiger partial charge >= 0.3 is 6.09 Å². The van der Waals surface area contributed by atoms with Gasteiger partial charge in [-0.3, -0.25) is 0 Å². The zero-order valence-electron chi connectivity index (χ0n) is 20.6. The van der Waals surface area contributed by atoms with E-state index in [0.29, 0.717) is 19.7 Å². The first-order valence-electron chi connectivity index (χ1n) is 11.4. The molecule has 1 heterocycles. The van der Waals surface area contributed by atoms with E-state index < -0.39 is 5.60 Å². The van der Waals surface area contributed by atoms with E-state index in [0.717, 1.165) is 23.3 Å². The second kappa shape index (κ2) is 9.40. The highest BCUT2D eigenvalue weighted by Crippen LogP contribution is 2.37. The summed E-state index contributed by atoms with van der Waals surface area (Å²) in [5.74, 6) is 0.925. The topological polar surface area (TPSA) is 38.8 Å². The quantitative estimate of drug-likeness (QED) is 0.524. The lowest BCUT2D eigenvalue weighted by Gasteiger charge is -2.31. The standard InChI is InChI=1S/C28H37NO3/c1-20-17-23(22-13-15-29(16-14-22)26(30)32-28(5,6)7)24(27(2,3)4)18-25(20)31-19-21-11-9-8-10-12-21/h8-13,17-18H,14-16,19H2,1-7H3. The molecule has 0 aromatic heterocycles. The van der Waals surface area contributed by atoms with Crippen LogP contribution in [0, 0.1) is 6.92 Å². The summed E-state index contributed by atoms with van der Waals surface area (Å²) < 4.78 is 11.7. The van der Waals surface area contributed by atoms with Crippen LogP contribution in [0.3, 0.4) is 0 Å². The first kappa shape index (κ1) is 23.9. The molecular weight excluding hydrogens is 398 g/mol. The Morgan fingerprint density at radius 2 is 1.72 bits per heavy atom. The molecule has 0 aliphatic carbocycles. The smallest absolute Gasteiger partial charge is 0.410 e. The van der Waals surface area contributed by atoms with Gasteiger partial charge in [-0.25, -0.2) is 4.79 Å². The van der Waals surface area contributed by atoms with E-state index in [1.54, 1.807) is 4.90 Å². The average Bonchev–Trinajstić information content (AvgIpc) is 2.71. The predicted molar refractivity (Wildman–Crippen MR) is 131 cm³/mol. The Kier molecular flexibility index (Phi) is 7.02. The molecule has 4 heteroatoms. The number of carbonyl (C=O) groups excluding carboxylic acids is 1. The summed E-state index contributed by atoms with van der Waals surface area (Å²) in [6, 6.07) is 14.7. The molecule has 0 saturated carbocycles. The van der Waals surface area contributed by atoms with Crippen molar-refractivity contribution in [3.05, 3.63) is 70.8 Å². The van der Waals surface area contributed by atoms with E-state index in [4.69, 9.17) is 9.47 Å². The lowest BCUT2D eigenvalue weighted by atomic mass is 9.79. The summed E-state index contributed by atoms with van der Waals surface area (Å²) in [5, 5.41) is 0. The van der Waals surface area contributed by atoms with Crippen molar-refractivity contribution in [1.82, 2.24) is 4.90 Å². The summed E-state index contributed by atoms with van der Waals surface area (Å²) >= 11 is 0. The molecule has 0 unspecified atom stereocenters. The summed E-state index contributed by atoms with van der Waals surface area (Å²) in [6.45, 7) is 16.3. The summed E-state index contributed by atoms with van der Waals surface area (Å²) in [7, 11) is 0. The number of rotatable bonds is 4. The van der Waals surface area contributed by atoms with Gasteiger partial charge in [0, 0.05) is 13.1 Å². The van der Waals surface area contributed by atoms with Crippen LogP contribution in [-0.4, -0.2) is 29.7 Å².